The van der Waals surface area contributed by atoms with Crippen LogP contribution in [0.1, 0.15) is 21.6 Å². The molecule has 0 aliphatic carbocycles. The van der Waals surface area contributed by atoms with Gasteiger partial charge in [0.2, 0.25) is 0 Å². The van der Waals surface area contributed by atoms with Crippen LogP contribution in [0.4, 0.5) is 0 Å². The van der Waals surface area contributed by atoms with Crippen LogP contribution in [-0.2, 0) is 4.74 Å². The van der Waals surface area contributed by atoms with Gasteiger partial charge in [0.25, 0.3) is 0 Å². The van der Waals surface area contributed by atoms with E-state index in [0.29, 0.717) is 17.0 Å². The molecule has 0 unspecified atom stereocenters. The molecule has 0 radical (unpaired) electrons. The molecular weight excluding hydrogens is 244 g/mol. The van der Waals surface area contributed by atoms with Crippen LogP contribution >= 0.6 is 0 Å². The Bertz CT molecular complexity index is 672. The molecule has 2 aromatic rings. The summed E-state index contributed by atoms with van der Waals surface area (Å²) in [4.78, 5) is 29.7. The molecule has 0 fully saturated rings. The van der Waals surface area contributed by atoms with Gasteiger partial charge in [-0.15, -0.1) is 0 Å². The van der Waals surface area contributed by atoms with Gasteiger partial charge in [-0.3, -0.25) is 0 Å². The van der Waals surface area contributed by atoms with E-state index in [1.807, 2.05) is 31.2 Å². The Balaban J connectivity index is 2.70. The van der Waals surface area contributed by atoms with Crippen LogP contribution in [0.3, 0.4) is 0 Å². The third-order valence-corrected chi connectivity index (χ3v) is 2.83. The van der Waals surface area contributed by atoms with Crippen molar-refractivity contribution in [3.05, 3.63) is 51.6 Å². The SMILES string of the molecule is COC(=O)c1c(-c2ccc(C)cc2)nc(=O)[nH]c1C. The van der Waals surface area contributed by atoms with Gasteiger partial charge in [0.15, 0.2) is 0 Å². The van der Waals surface area contributed by atoms with Gasteiger partial charge >= 0.3 is 11.7 Å². The minimum Gasteiger partial charge on any atom is -0.465 e. The van der Waals surface area contributed by atoms with Crippen molar-refractivity contribution in [3.8, 4) is 11.3 Å². The number of benzene rings is 1. The zero-order chi connectivity index (χ0) is 14.0. The Kier molecular flexibility index (Phi) is 3.46. The number of esters is 1. The first-order valence-corrected chi connectivity index (χ1v) is 5.79. The fourth-order valence-electron chi connectivity index (χ4n) is 1.86. The van der Waals surface area contributed by atoms with Crippen molar-refractivity contribution in [2.45, 2.75) is 13.8 Å². The number of nitrogens with zero attached hydrogens (tertiary/aromatic N) is 1. The zero-order valence-electron chi connectivity index (χ0n) is 11.0. The van der Waals surface area contributed by atoms with Gasteiger partial charge in [0.05, 0.1) is 12.8 Å². The van der Waals surface area contributed by atoms with Crippen molar-refractivity contribution >= 4 is 5.97 Å². The molecule has 1 aromatic heterocycles. The number of nitrogens with one attached hydrogen (secondary N) is 1. The second-order valence-electron chi connectivity index (χ2n) is 4.25. The normalized spacial score (nSPS) is 10.3. The minimum atomic E-state index is -0.517. The van der Waals surface area contributed by atoms with E-state index in [4.69, 9.17) is 4.74 Å². The monoisotopic (exact) mass is 258 g/mol. The second-order valence-corrected chi connectivity index (χ2v) is 4.25. The highest BCUT2D eigenvalue weighted by Crippen LogP contribution is 2.22. The second kappa shape index (κ2) is 5.06. The van der Waals surface area contributed by atoms with Crippen molar-refractivity contribution in [3.63, 3.8) is 0 Å². The predicted octanol–water partition coefficient (Wildman–Crippen LogP) is 1.84. The van der Waals surface area contributed by atoms with Gasteiger partial charge in [-0.05, 0) is 13.8 Å². The van der Waals surface area contributed by atoms with Crippen LogP contribution < -0.4 is 5.69 Å². The number of aryl methyl sites for hydroxylation is 2. The number of hydrogen-bond acceptors (Lipinski definition) is 4. The molecule has 0 bridgehead atoms. The molecule has 19 heavy (non-hydrogen) atoms. The molecule has 0 aliphatic rings. The maximum atomic E-state index is 11.8. The van der Waals surface area contributed by atoms with E-state index in [9.17, 15) is 9.59 Å². The molecule has 0 amide bonds. The third kappa shape index (κ3) is 2.54. The molecule has 0 saturated heterocycles. The van der Waals surface area contributed by atoms with E-state index in [2.05, 4.69) is 9.97 Å². The van der Waals surface area contributed by atoms with Crippen LogP contribution in [0.2, 0.25) is 0 Å². The third-order valence-electron chi connectivity index (χ3n) is 2.83. The first-order chi connectivity index (χ1) is 9.02. The first-order valence-electron chi connectivity index (χ1n) is 5.79. The Morgan fingerprint density at radius 1 is 1.21 bits per heavy atom. The van der Waals surface area contributed by atoms with Gasteiger partial charge in [-0.1, -0.05) is 29.8 Å². The maximum absolute atomic E-state index is 11.8. The Labute approximate surface area is 110 Å². The summed E-state index contributed by atoms with van der Waals surface area (Å²) < 4.78 is 4.74. The number of hydrogen-bond donors (Lipinski definition) is 1. The van der Waals surface area contributed by atoms with Crippen molar-refractivity contribution in [1.82, 2.24) is 9.97 Å². The standard InChI is InChI=1S/C14H14N2O3/c1-8-4-6-10(7-5-8)12-11(13(17)19-3)9(2)15-14(18)16-12/h4-7H,1-3H3,(H,15,16,18). The van der Waals surface area contributed by atoms with Gasteiger partial charge in [0.1, 0.15) is 5.56 Å². The van der Waals surface area contributed by atoms with E-state index < -0.39 is 11.7 Å². The van der Waals surface area contributed by atoms with Crippen molar-refractivity contribution in [1.29, 1.82) is 0 Å². The average Bonchev–Trinajstić information content (AvgIpc) is 2.38. The molecule has 2 rings (SSSR count). The minimum absolute atomic E-state index is 0.283. The lowest BCUT2D eigenvalue weighted by Gasteiger charge is -2.09. The highest BCUT2D eigenvalue weighted by molar-refractivity contribution is 5.97. The van der Waals surface area contributed by atoms with Gasteiger partial charge in [0, 0.05) is 11.3 Å². The van der Waals surface area contributed by atoms with Gasteiger partial charge in [-0.2, -0.15) is 4.98 Å². The molecule has 5 nitrogen and oxygen atoms in total. The average molecular weight is 258 g/mol. The topological polar surface area (TPSA) is 72.0 Å². The Hall–Kier alpha value is -2.43. The Morgan fingerprint density at radius 2 is 1.84 bits per heavy atom. The molecule has 0 saturated carbocycles. The summed E-state index contributed by atoms with van der Waals surface area (Å²) in [5.74, 6) is -0.517. The number of rotatable bonds is 2. The highest BCUT2D eigenvalue weighted by atomic mass is 16.5. The van der Waals surface area contributed by atoms with E-state index in [1.165, 1.54) is 7.11 Å². The molecule has 1 N–H and O–H groups in total. The summed E-state index contributed by atoms with van der Waals surface area (Å²) in [7, 11) is 1.30. The van der Waals surface area contributed by atoms with Gasteiger partial charge in [-0.25, -0.2) is 9.59 Å². The van der Waals surface area contributed by atoms with Gasteiger partial charge < -0.3 is 9.72 Å². The number of carbonyl (C=O) groups excluding carboxylic acids is 1. The molecule has 98 valence electrons. The molecular formula is C14H14N2O3. The summed E-state index contributed by atoms with van der Waals surface area (Å²) in [6.07, 6.45) is 0. The van der Waals surface area contributed by atoms with E-state index in [1.54, 1.807) is 6.92 Å². The highest BCUT2D eigenvalue weighted by Gasteiger charge is 2.19. The number of aromatic nitrogens is 2. The Morgan fingerprint density at radius 3 is 2.42 bits per heavy atom. The van der Waals surface area contributed by atoms with E-state index in [0.717, 1.165) is 5.56 Å². The van der Waals surface area contributed by atoms with Crippen LogP contribution in [0, 0.1) is 13.8 Å². The summed E-state index contributed by atoms with van der Waals surface area (Å²) in [6, 6.07) is 7.44. The summed E-state index contributed by atoms with van der Waals surface area (Å²) in [5, 5.41) is 0. The summed E-state index contributed by atoms with van der Waals surface area (Å²) >= 11 is 0. The van der Waals surface area contributed by atoms with Crippen molar-refractivity contribution < 1.29 is 9.53 Å². The lowest BCUT2D eigenvalue weighted by Crippen LogP contribution is -2.19. The van der Waals surface area contributed by atoms with Crippen LogP contribution in [0.5, 0.6) is 0 Å². The maximum Gasteiger partial charge on any atom is 0.345 e. The van der Waals surface area contributed by atoms with Crippen molar-refractivity contribution in [2.75, 3.05) is 7.11 Å². The number of H-pyrrole nitrogens is 1. The number of ether oxygens (including phenoxy) is 1. The summed E-state index contributed by atoms with van der Waals surface area (Å²) in [5.41, 5.74) is 2.38. The summed E-state index contributed by atoms with van der Waals surface area (Å²) in [6.45, 7) is 3.61. The largest absolute Gasteiger partial charge is 0.465 e. The van der Waals surface area contributed by atoms with E-state index in [-0.39, 0.29) is 5.56 Å². The van der Waals surface area contributed by atoms with Crippen LogP contribution in [-0.4, -0.2) is 23.0 Å². The lowest BCUT2D eigenvalue weighted by molar-refractivity contribution is 0.0599. The first kappa shape index (κ1) is 13.0. The number of aromatic amines is 1. The zero-order valence-corrected chi connectivity index (χ0v) is 11.0. The molecule has 0 atom stereocenters. The quantitative estimate of drug-likeness (QED) is 0.834. The van der Waals surface area contributed by atoms with E-state index >= 15 is 0 Å². The van der Waals surface area contributed by atoms with Crippen molar-refractivity contribution in [2.24, 2.45) is 0 Å². The van der Waals surface area contributed by atoms with Crippen LogP contribution in [0.25, 0.3) is 11.3 Å². The predicted molar refractivity (Wildman–Crippen MR) is 71.1 cm³/mol. The smallest absolute Gasteiger partial charge is 0.345 e. The fraction of sp³-hybridized carbons (Fsp3) is 0.214. The molecule has 0 spiro atoms. The fourth-order valence-corrected chi connectivity index (χ4v) is 1.86. The molecule has 1 heterocycles. The number of methoxy groups -OCH3 is 1. The lowest BCUT2D eigenvalue weighted by atomic mass is 10.0. The van der Waals surface area contributed by atoms with Crippen LogP contribution in [0.15, 0.2) is 29.1 Å². The molecule has 5 heteroatoms. The molecule has 0 aliphatic heterocycles. The molecule has 1 aromatic carbocycles. The number of carbonyl (C=O) groups is 1.